The molecule has 1 aromatic heterocycles. The summed E-state index contributed by atoms with van der Waals surface area (Å²) in [4.78, 5) is 6.55. The normalized spacial score (nSPS) is 22.8. The molecule has 1 aromatic rings. The summed E-state index contributed by atoms with van der Waals surface area (Å²) in [5.74, 6) is 0. The molecule has 4 heterocycles. The first-order valence-corrected chi connectivity index (χ1v) is 12.4. The number of ether oxygens (including phenoxy) is 2. The van der Waals surface area contributed by atoms with Gasteiger partial charge in [0.05, 0.1) is 26.4 Å². The average Bonchev–Trinajstić information content (AvgIpc) is 3.19. The molecular weight excluding hydrogens is 471 g/mol. The number of aliphatic imine (C=N–C) groups is 1. The van der Waals surface area contributed by atoms with Gasteiger partial charge in [-0.15, -0.1) is 11.3 Å². The van der Waals surface area contributed by atoms with E-state index in [1.807, 2.05) is 0 Å². The fourth-order valence-electron chi connectivity index (χ4n) is 4.94. The highest BCUT2D eigenvalue weighted by Gasteiger charge is 2.47. The van der Waals surface area contributed by atoms with Gasteiger partial charge in [-0.25, -0.2) is 0 Å². The highest BCUT2D eigenvalue weighted by molar-refractivity contribution is 7.12. The monoisotopic (exact) mass is 503 g/mol. The van der Waals surface area contributed by atoms with Crippen LogP contribution in [0.1, 0.15) is 46.6 Å². The minimum absolute atomic E-state index is 0.0131. The number of thiophene rings is 1. The molecule has 34 heavy (non-hydrogen) atoms. The number of aliphatic hydroxyl groups excluding tert-OH is 1. The van der Waals surface area contributed by atoms with Crippen LogP contribution in [0.25, 0.3) is 0 Å². The molecule has 0 radical (unpaired) electrons. The Labute approximate surface area is 201 Å². The third-order valence-electron chi connectivity index (χ3n) is 6.89. The molecule has 0 unspecified atom stereocenters. The zero-order valence-electron chi connectivity index (χ0n) is 19.1. The van der Waals surface area contributed by atoms with E-state index in [1.165, 1.54) is 6.20 Å². The number of rotatable bonds is 8. The summed E-state index contributed by atoms with van der Waals surface area (Å²) in [6.07, 6.45) is 1.77. The molecule has 0 amide bonds. The van der Waals surface area contributed by atoms with Crippen LogP contribution >= 0.6 is 11.3 Å². The first-order valence-electron chi connectivity index (χ1n) is 11.6. The molecule has 3 aliphatic rings. The Hall–Kier alpha value is -1.50. The number of hydrogen-bond donors (Lipinski definition) is 3. The Balaban J connectivity index is 1.34. The predicted octanol–water partition coefficient (Wildman–Crippen LogP) is 2.58. The van der Waals surface area contributed by atoms with E-state index in [0.29, 0.717) is 82.1 Å². The molecule has 3 aliphatic heterocycles. The lowest BCUT2D eigenvalue weighted by Crippen LogP contribution is -2.49. The number of fused-ring (bicyclic) bond motifs is 2. The number of alkyl halides is 3. The lowest BCUT2D eigenvalue weighted by atomic mass is 9.84. The summed E-state index contributed by atoms with van der Waals surface area (Å²) in [7, 11) is 0. The van der Waals surface area contributed by atoms with Crippen LogP contribution in [0.5, 0.6) is 0 Å². The Bertz CT molecular complexity index is 919. The van der Waals surface area contributed by atoms with Gasteiger partial charge in [-0.05, 0) is 49.4 Å². The van der Waals surface area contributed by atoms with Crippen molar-refractivity contribution in [3.8, 4) is 0 Å². The number of nitrogens with zero attached hydrogens (tertiary/aromatic N) is 2. The van der Waals surface area contributed by atoms with Gasteiger partial charge < -0.3 is 25.4 Å². The number of halogens is 3. The quantitative estimate of drug-likeness (QED) is 0.373. The van der Waals surface area contributed by atoms with Crippen LogP contribution in [-0.2, 0) is 34.3 Å². The molecule has 2 fully saturated rings. The Morgan fingerprint density at radius 2 is 2.00 bits per heavy atom. The van der Waals surface area contributed by atoms with E-state index in [1.54, 1.807) is 6.21 Å². The highest BCUT2D eigenvalue weighted by Crippen LogP contribution is 2.50. The number of nitrogens with two attached hydrogens (primary N) is 1. The third-order valence-corrected chi connectivity index (χ3v) is 8.39. The summed E-state index contributed by atoms with van der Waals surface area (Å²) in [6, 6.07) is 0. The lowest BCUT2D eigenvalue weighted by molar-refractivity contribution is -0.181. The van der Waals surface area contributed by atoms with Gasteiger partial charge in [0.15, 0.2) is 0 Å². The first-order chi connectivity index (χ1) is 16.2. The number of piperidine rings is 1. The second kappa shape index (κ2) is 10.2. The summed E-state index contributed by atoms with van der Waals surface area (Å²) in [6.45, 7) is 3.02. The van der Waals surface area contributed by atoms with Crippen molar-refractivity contribution < 1.29 is 32.9 Å². The molecule has 7 nitrogen and oxygen atoms in total. The maximum atomic E-state index is 13.6. The molecule has 0 bridgehead atoms. The van der Waals surface area contributed by atoms with E-state index in [0.717, 1.165) is 23.3 Å². The van der Waals surface area contributed by atoms with Crippen molar-refractivity contribution in [2.24, 2.45) is 10.7 Å². The van der Waals surface area contributed by atoms with Gasteiger partial charge in [-0.2, -0.15) is 13.2 Å². The van der Waals surface area contributed by atoms with Gasteiger partial charge in [-0.1, -0.05) is 0 Å². The molecular formula is C23H32F3N3O4S. The smallest absolute Gasteiger partial charge is 0.404 e. The Morgan fingerprint density at radius 3 is 2.59 bits per heavy atom. The number of hydrogen-bond acceptors (Lipinski definition) is 8. The van der Waals surface area contributed by atoms with Crippen molar-refractivity contribution in [1.29, 1.82) is 0 Å². The van der Waals surface area contributed by atoms with E-state index in [4.69, 9.17) is 15.2 Å². The average molecular weight is 504 g/mol. The van der Waals surface area contributed by atoms with Gasteiger partial charge in [0.2, 0.25) is 0 Å². The van der Waals surface area contributed by atoms with Crippen molar-refractivity contribution >= 4 is 17.6 Å². The van der Waals surface area contributed by atoms with Gasteiger partial charge >= 0.3 is 6.18 Å². The Kier molecular flexibility index (Phi) is 7.70. The minimum atomic E-state index is -4.48. The van der Waals surface area contributed by atoms with Crippen molar-refractivity contribution in [3.63, 3.8) is 0 Å². The molecule has 0 atom stereocenters. The third kappa shape index (κ3) is 5.34. The molecule has 1 spiro atoms. The zero-order valence-corrected chi connectivity index (χ0v) is 19.9. The van der Waals surface area contributed by atoms with Crippen LogP contribution in [0.15, 0.2) is 16.8 Å². The number of likely N-dealkylation sites (tertiary alicyclic amines) is 1. The van der Waals surface area contributed by atoms with E-state index in [9.17, 15) is 23.4 Å². The van der Waals surface area contributed by atoms with Gasteiger partial charge in [-0.3, -0.25) is 9.89 Å². The van der Waals surface area contributed by atoms with Crippen LogP contribution in [-0.4, -0.2) is 72.9 Å². The van der Waals surface area contributed by atoms with E-state index < -0.39 is 28.9 Å². The maximum absolute atomic E-state index is 13.6. The standard InChI is InChI=1S/C23H32F3N3O4S/c24-23(25,26)20-18(13-30)17-2-9-33-22(19(17)34-20)4-7-29(8-5-22)12-16(10-27)11-28-6-1-3-21(31)14-32-15-21/h10-11,30-31H,1-9,12-15,27H2/b16-10+,28-11?. The Morgan fingerprint density at radius 1 is 1.26 bits per heavy atom. The van der Waals surface area contributed by atoms with Crippen molar-refractivity contribution in [2.45, 2.75) is 56.1 Å². The van der Waals surface area contributed by atoms with Crippen molar-refractivity contribution in [1.82, 2.24) is 4.90 Å². The van der Waals surface area contributed by atoms with Gasteiger partial charge in [0.25, 0.3) is 0 Å². The molecule has 0 aromatic carbocycles. The molecule has 11 heteroatoms. The largest absolute Gasteiger partial charge is 0.425 e. The van der Waals surface area contributed by atoms with Crippen molar-refractivity contribution in [3.05, 3.63) is 32.7 Å². The minimum Gasteiger partial charge on any atom is -0.404 e. The summed E-state index contributed by atoms with van der Waals surface area (Å²) in [5, 5.41) is 19.7. The predicted molar refractivity (Wildman–Crippen MR) is 123 cm³/mol. The molecule has 190 valence electrons. The highest BCUT2D eigenvalue weighted by atomic mass is 32.1. The molecule has 2 saturated heterocycles. The van der Waals surface area contributed by atoms with Crippen LogP contribution in [0.2, 0.25) is 0 Å². The second-order valence-corrected chi connectivity index (χ2v) is 10.4. The molecule has 4 N–H and O–H groups in total. The molecule has 4 rings (SSSR count). The molecule has 0 saturated carbocycles. The summed E-state index contributed by atoms with van der Waals surface area (Å²) in [5.41, 5.74) is 5.86. The van der Waals surface area contributed by atoms with Crippen LogP contribution in [0, 0.1) is 0 Å². The zero-order chi connectivity index (χ0) is 24.4. The fourth-order valence-corrected chi connectivity index (χ4v) is 6.37. The van der Waals surface area contributed by atoms with E-state index in [-0.39, 0.29) is 5.56 Å². The van der Waals surface area contributed by atoms with Gasteiger partial charge in [0.1, 0.15) is 16.1 Å². The lowest BCUT2D eigenvalue weighted by Gasteiger charge is -2.44. The van der Waals surface area contributed by atoms with E-state index >= 15 is 0 Å². The first kappa shape index (κ1) is 25.6. The van der Waals surface area contributed by atoms with E-state index in [2.05, 4.69) is 9.89 Å². The summed E-state index contributed by atoms with van der Waals surface area (Å²) >= 11 is 0.735. The summed E-state index contributed by atoms with van der Waals surface area (Å²) < 4.78 is 51.8. The maximum Gasteiger partial charge on any atom is 0.425 e. The SMILES string of the molecule is N/C=C(\C=NCCCC1(O)COC1)CN1CCC2(CC1)OCCc1c2sc(C(F)(F)F)c1CO. The van der Waals surface area contributed by atoms with Crippen molar-refractivity contribution in [2.75, 3.05) is 46.0 Å². The topological polar surface area (TPSA) is 101 Å². The van der Waals surface area contributed by atoms with Gasteiger partial charge in [0, 0.05) is 42.8 Å². The number of aliphatic hydroxyl groups is 2. The van der Waals surface area contributed by atoms with Crippen LogP contribution in [0.4, 0.5) is 13.2 Å². The molecule has 0 aliphatic carbocycles. The second-order valence-electron chi connectivity index (χ2n) is 9.34. The van der Waals surface area contributed by atoms with Crippen LogP contribution < -0.4 is 5.73 Å². The fraction of sp³-hybridized carbons (Fsp3) is 0.696. The van der Waals surface area contributed by atoms with Crippen LogP contribution in [0.3, 0.4) is 0 Å².